The number of benzene rings is 1. The molecule has 3 rings (SSSR count). The summed E-state index contributed by atoms with van der Waals surface area (Å²) >= 11 is 0. The van der Waals surface area contributed by atoms with Gasteiger partial charge in [-0.1, -0.05) is 5.16 Å². The quantitative estimate of drug-likeness (QED) is 0.822. The number of amides is 1. The van der Waals surface area contributed by atoms with Crippen LogP contribution in [-0.4, -0.2) is 16.7 Å². The highest BCUT2D eigenvalue weighted by molar-refractivity contribution is 5.92. The zero-order chi connectivity index (χ0) is 15.9. The van der Waals surface area contributed by atoms with Gasteiger partial charge in [0, 0.05) is 23.7 Å². The number of fused-ring (bicyclic) bond motifs is 1. The maximum atomic E-state index is 12.3. The third-order valence-corrected chi connectivity index (χ3v) is 3.66. The highest BCUT2D eigenvalue weighted by atomic mass is 35.5. The van der Waals surface area contributed by atoms with Gasteiger partial charge in [0.05, 0.1) is 6.04 Å². The topological polar surface area (TPSA) is 90.4 Å². The molecule has 0 radical (unpaired) electrons. The molecule has 0 fully saturated rings. The van der Waals surface area contributed by atoms with E-state index >= 15 is 0 Å². The molecule has 0 saturated carbocycles. The summed E-state index contributed by atoms with van der Waals surface area (Å²) in [6.45, 7) is 5.73. The predicted molar refractivity (Wildman–Crippen MR) is 88.9 cm³/mol. The van der Waals surface area contributed by atoms with Crippen molar-refractivity contribution in [2.24, 2.45) is 0 Å². The lowest BCUT2D eigenvalue weighted by atomic mass is 9.89. The van der Waals surface area contributed by atoms with Gasteiger partial charge in [-0.15, -0.1) is 12.4 Å². The third kappa shape index (κ3) is 3.59. The number of anilines is 1. The number of hydrogen-bond donors (Lipinski definition) is 2. The van der Waals surface area contributed by atoms with E-state index < -0.39 is 0 Å². The summed E-state index contributed by atoms with van der Waals surface area (Å²) in [7, 11) is 0. The Labute approximate surface area is 140 Å². The SMILES string of the molecule is Cc1cc(C(=O)NC2CC(C)(C)Oc3ccc(N)cc32)no1.Cl. The zero-order valence-electron chi connectivity index (χ0n) is 13.3. The van der Waals surface area contributed by atoms with E-state index in [2.05, 4.69) is 10.5 Å². The van der Waals surface area contributed by atoms with E-state index in [1.807, 2.05) is 26.0 Å². The fourth-order valence-corrected chi connectivity index (χ4v) is 2.71. The number of carbonyl (C=O) groups excluding carboxylic acids is 1. The Bertz CT molecular complexity index is 727. The summed E-state index contributed by atoms with van der Waals surface area (Å²) in [5, 5.41) is 6.74. The van der Waals surface area contributed by atoms with Crippen LogP contribution in [0.15, 0.2) is 28.8 Å². The van der Waals surface area contributed by atoms with Crippen LogP contribution in [0.5, 0.6) is 5.75 Å². The van der Waals surface area contributed by atoms with E-state index in [0.717, 1.165) is 11.3 Å². The summed E-state index contributed by atoms with van der Waals surface area (Å²) in [6, 6.07) is 6.89. The van der Waals surface area contributed by atoms with Gasteiger partial charge in [0.2, 0.25) is 0 Å². The van der Waals surface area contributed by atoms with E-state index in [1.165, 1.54) is 0 Å². The molecule has 1 atom stereocenters. The van der Waals surface area contributed by atoms with Crippen molar-refractivity contribution >= 4 is 24.0 Å². The van der Waals surface area contributed by atoms with Crippen LogP contribution in [0.2, 0.25) is 0 Å². The minimum Gasteiger partial charge on any atom is -0.487 e. The molecule has 0 saturated heterocycles. The van der Waals surface area contributed by atoms with Crippen molar-refractivity contribution in [1.29, 1.82) is 0 Å². The lowest BCUT2D eigenvalue weighted by molar-refractivity contribution is 0.0617. The number of aryl methyl sites for hydroxylation is 1. The van der Waals surface area contributed by atoms with Crippen LogP contribution in [0.25, 0.3) is 0 Å². The molecule has 3 N–H and O–H groups in total. The second kappa shape index (κ2) is 6.12. The molecule has 1 aromatic heterocycles. The fourth-order valence-electron chi connectivity index (χ4n) is 2.71. The van der Waals surface area contributed by atoms with Gasteiger partial charge in [-0.25, -0.2) is 0 Å². The van der Waals surface area contributed by atoms with Gasteiger partial charge in [0.25, 0.3) is 5.91 Å². The average molecular weight is 338 g/mol. The Morgan fingerprint density at radius 1 is 1.39 bits per heavy atom. The van der Waals surface area contributed by atoms with E-state index in [-0.39, 0.29) is 35.7 Å². The monoisotopic (exact) mass is 337 g/mol. The zero-order valence-corrected chi connectivity index (χ0v) is 14.1. The van der Waals surface area contributed by atoms with Crippen LogP contribution < -0.4 is 15.8 Å². The molecule has 23 heavy (non-hydrogen) atoms. The second-order valence-electron chi connectivity index (χ2n) is 6.21. The van der Waals surface area contributed by atoms with Crippen LogP contribution in [0.3, 0.4) is 0 Å². The second-order valence-corrected chi connectivity index (χ2v) is 6.21. The highest BCUT2D eigenvalue weighted by Crippen LogP contribution is 2.40. The Hall–Kier alpha value is -2.21. The van der Waals surface area contributed by atoms with Crippen molar-refractivity contribution in [3.8, 4) is 5.75 Å². The molecule has 1 aromatic carbocycles. The maximum absolute atomic E-state index is 12.3. The first-order chi connectivity index (χ1) is 10.3. The molecule has 0 aliphatic carbocycles. The van der Waals surface area contributed by atoms with Crippen molar-refractivity contribution in [1.82, 2.24) is 10.5 Å². The summed E-state index contributed by atoms with van der Waals surface area (Å²) < 4.78 is 10.9. The number of nitrogens with two attached hydrogens (primary N) is 1. The molecule has 2 aromatic rings. The first-order valence-corrected chi connectivity index (χ1v) is 7.17. The molecule has 0 spiro atoms. The van der Waals surface area contributed by atoms with Gasteiger partial charge in [0.1, 0.15) is 17.1 Å². The van der Waals surface area contributed by atoms with Crippen LogP contribution in [0, 0.1) is 6.92 Å². The van der Waals surface area contributed by atoms with E-state index in [1.54, 1.807) is 19.1 Å². The normalized spacial score (nSPS) is 18.3. The minimum absolute atomic E-state index is 0. The van der Waals surface area contributed by atoms with Crippen LogP contribution in [-0.2, 0) is 0 Å². The molecule has 6 nitrogen and oxygen atoms in total. The largest absolute Gasteiger partial charge is 0.487 e. The van der Waals surface area contributed by atoms with Crippen LogP contribution in [0.1, 0.15) is 48.1 Å². The van der Waals surface area contributed by atoms with Crippen molar-refractivity contribution < 1.29 is 14.1 Å². The smallest absolute Gasteiger partial charge is 0.273 e. The summed E-state index contributed by atoms with van der Waals surface area (Å²) in [5.74, 6) is 1.07. The first-order valence-electron chi connectivity index (χ1n) is 7.17. The van der Waals surface area contributed by atoms with Crippen molar-refractivity contribution in [3.05, 3.63) is 41.3 Å². The maximum Gasteiger partial charge on any atom is 0.273 e. The molecule has 1 unspecified atom stereocenters. The number of rotatable bonds is 2. The Balaban J connectivity index is 0.00000192. The summed E-state index contributed by atoms with van der Waals surface area (Å²) in [5.41, 5.74) is 7.28. The highest BCUT2D eigenvalue weighted by Gasteiger charge is 2.35. The van der Waals surface area contributed by atoms with E-state index in [9.17, 15) is 4.79 Å². The molecule has 7 heteroatoms. The number of nitrogens with zero attached hydrogens (tertiary/aromatic N) is 1. The van der Waals surface area contributed by atoms with Crippen LogP contribution in [0.4, 0.5) is 5.69 Å². The standard InChI is InChI=1S/C16H19N3O3.ClH/c1-9-6-12(19-22-9)15(20)18-13-8-16(2,3)21-14-5-4-10(17)7-11(13)14;/h4-7,13H,8,17H2,1-3H3,(H,18,20);1H. The lowest BCUT2D eigenvalue weighted by Gasteiger charge is -2.37. The van der Waals surface area contributed by atoms with Gasteiger partial charge in [0.15, 0.2) is 5.69 Å². The number of nitrogens with one attached hydrogen (secondary N) is 1. The lowest BCUT2D eigenvalue weighted by Crippen LogP contribution is -2.41. The van der Waals surface area contributed by atoms with E-state index in [4.69, 9.17) is 15.0 Å². The molecule has 124 valence electrons. The molecule has 2 heterocycles. The van der Waals surface area contributed by atoms with Gasteiger partial charge in [-0.3, -0.25) is 4.79 Å². The van der Waals surface area contributed by atoms with E-state index in [0.29, 0.717) is 17.9 Å². The number of aromatic nitrogens is 1. The number of ether oxygens (including phenoxy) is 1. The van der Waals surface area contributed by atoms with Crippen molar-refractivity contribution in [2.75, 3.05) is 5.73 Å². The number of halogens is 1. The molecule has 1 aliphatic heterocycles. The summed E-state index contributed by atoms with van der Waals surface area (Å²) in [6.07, 6.45) is 0.645. The fraction of sp³-hybridized carbons (Fsp3) is 0.375. The van der Waals surface area contributed by atoms with Gasteiger partial charge in [-0.05, 0) is 39.0 Å². The number of hydrogen-bond acceptors (Lipinski definition) is 5. The minimum atomic E-state index is -0.374. The first kappa shape index (κ1) is 17.1. The van der Waals surface area contributed by atoms with Gasteiger partial charge in [-0.2, -0.15) is 0 Å². The molecular formula is C16H20ClN3O3. The Morgan fingerprint density at radius 2 is 2.13 bits per heavy atom. The summed E-state index contributed by atoms with van der Waals surface area (Å²) in [4.78, 5) is 12.3. The third-order valence-electron chi connectivity index (χ3n) is 3.66. The Kier molecular flexibility index (Phi) is 4.56. The van der Waals surface area contributed by atoms with Gasteiger partial charge >= 0.3 is 0 Å². The number of carbonyl (C=O) groups is 1. The van der Waals surface area contributed by atoms with Crippen molar-refractivity contribution in [3.63, 3.8) is 0 Å². The molecular weight excluding hydrogens is 318 g/mol. The van der Waals surface area contributed by atoms with Crippen LogP contribution >= 0.6 is 12.4 Å². The van der Waals surface area contributed by atoms with Crippen molar-refractivity contribution in [2.45, 2.75) is 38.8 Å². The molecule has 0 bridgehead atoms. The van der Waals surface area contributed by atoms with Gasteiger partial charge < -0.3 is 20.3 Å². The number of nitrogen functional groups attached to an aromatic ring is 1. The average Bonchev–Trinajstić information content (AvgIpc) is 2.85. The predicted octanol–water partition coefficient (Wildman–Crippen LogP) is 3.02. The Morgan fingerprint density at radius 3 is 2.78 bits per heavy atom. The molecule has 1 amide bonds. The molecule has 1 aliphatic rings.